The van der Waals surface area contributed by atoms with E-state index in [4.69, 9.17) is 0 Å². The topological polar surface area (TPSA) is 0 Å². The van der Waals surface area contributed by atoms with E-state index >= 15 is 0 Å². The Kier molecular flexibility index (Phi) is 3.19. The van der Waals surface area contributed by atoms with Gasteiger partial charge in [-0.2, -0.15) is 13.2 Å². The normalized spacial score (nSPS) is 13.4. The molecule has 0 aliphatic rings. The van der Waals surface area contributed by atoms with Crippen molar-refractivity contribution in [3.05, 3.63) is 24.3 Å². The molecule has 10 heavy (non-hydrogen) atoms. The Morgan fingerprint density at radius 1 is 1.50 bits per heavy atom. The molecule has 0 unspecified atom stereocenters. The van der Waals surface area contributed by atoms with Crippen molar-refractivity contribution in [3.63, 3.8) is 0 Å². The maximum absolute atomic E-state index is 11.8. The first-order chi connectivity index (χ1) is 4.52. The molecular formula is C7H9F3. The van der Waals surface area contributed by atoms with E-state index in [1.165, 1.54) is 0 Å². The molecule has 0 nitrogen and oxygen atoms in total. The van der Waals surface area contributed by atoms with Crippen LogP contribution in [0.5, 0.6) is 0 Å². The monoisotopic (exact) mass is 150 g/mol. The van der Waals surface area contributed by atoms with Gasteiger partial charge in [0, 0.05) is 0 Å². The number of halogens is 3. The Labute approximate surface area is 58.0 Å². The van der Waals surface area contributed by atoms with Crippen molar-refractivity contribution >= 4 is 0 Å². The number of hydrogen-bond donors (Lipinski definition) is 0. The third-order valence-electron chi connectivity index (χ3n) is 0.971. The Bertz CT molecular complexity index is 141. The molecule has 0 amide bonds. The smallest absolute Gasteiger partial charge is 0.166 e. The zero-order chi connectivity index (χ0) is 8.20. The standard InChI is InChI=1S/C7H9F3/c1-3-5-6(4-2)7(8,9)10/h4-5H,2-3H2,1H3/b6-5-. The highest BCUT2D eigenvalue weighted by Gasteiger charge is 2.30. The van der Waals surface area contributed by atoms with E-state index in [-0.39, 0.29) is 0 Å². The molecule has 0 aromatic carbocycles. The SMILES string of the molecule is C=C/C(=C/CC)C(F)(F)F. The molecule has 58 valence electrons. The summed E-state index contributed by atoms with van der Waals surface area (Å²) in [4.78, 5) is 0. The molecule has 0 saturated carbocycles. The number of alkyl halides is 3. The van der Waals surface area contributed by atoms with Crippen LogP contribution in [0.15, 0.2) is 24.3 Å². The average molecular weight is 150 g/mol. The van der Waals surface area contributed by atoms with Gasteiger partial charge in [-0.05, 0) is 6.42 Å². The summed E-state index contributed by atoms with van der Waals surface area (Å²) in [5.74, 6) is 0. The Morgan fingerprint density at radius 2 is 2.00 bits per heavy atom. The van der Waals surface area contributed by atoms with Gasteiger partial charge in [-0.15, -0.1) is 0 Å². The summed E-state index contributed by atoms with van der Waals surface area (Å²) in [5.41, 5.74) is -0.657. The fraction of sp³-hybridized carbons (Fsp3) is 0.429. The highest BCUT2D eigenvalue weighted by atomic mass is 19.4. The maximum atomic E-state index is 11.8. The van der Waals surface area contributed by atoms with Crippen LogP contribution in [-0.2, 0) is 0 Å². The van der Waals surface area contributed by atoms with Gasteiger partial charge in [-0.3, -0.25) is 0 Å². The zero-order valence-corrected chi connectivity index (χ0v) is 5.70. The van der Waals surface area contributed by atoms with E-state index in [0.29, 0.717) is 6.42 Å². The average Bonchev–Trinajstić information content (AvgIpc) is 1.80. The lowest BCUT2D eigenvalue weighted by Crippen LogP contribution is -2.09. The van der Waals surface area contributed by atoms with E-state index in [1.54, 1.807) is 6.92 Å². The highest BCUT2D eigenvalue weighted by molar-refractivity contribution is 5.21. The van der Waals surface area contributed by atoms with Crippen molar-refractivity contribution in [2.45, 2.75) is 19.5 Å². The van der Waals surface area contributed by atoms with Gasteiger partial charge in [0.1, 0.15) is 0 Å². The van der Waals surface area contributed by atoms with Crippen molar-refractivity contribution in [1.29, 1.82) is 0 Å². The Morgan fingerprint density at radius 3 is 2.10 bits per heavy atom. The van der Waals surface area contributed by atoms with Crippen molar-refractivity contribution in [3.8, 4) is 0 Å². The molecule has 0 heterocycles. The van der Waals surface area contributed by atoms with Gasteiger partial charge in [-0.1, -0.05) is 25.7 Å². The third kappa shape index (κ3) is 2.71. The van der Waals surface area contributed by atoms with Gasteiger partial charge >= 0.3 is 6.18 Å². The lowest BCUT2D eigenvalue weighted by atomic mass is 10.2. The molecule has 0 fully saturated rings. The number of hydrogen-bond acceptors (Lipinski definition) is 0. The quantitative estimate of drug-likeness (QED) is 0.530. The second-order valence-corrected chi connectivity index (χ2v) is 1.77. The molecule has 0 radical (unpaired) electrons. The summed E-state index contributed by atoms with van der Waals surface area (Å²) in [6.07, 6.45) is -1.94. The highest BCUT2D eigenvalue weighted by Crippen LogP contribution is 2.26. The van der Waals surface area contributed by atoms with Gasteiger partial charge in [0.2, 0.25) is 0 Å². The fourth-order valence-electron chi connectivity index (χ4n) is 0.535. The van der Waals surface area contributed by atoms with Crippen LogP contribution in [0.4, 0.5) is 13.2 Å². The van der Waals surface area contributed by atoms with Crippen LogP contribution in [0.1, 0.15) is 13.3 Å². The van der Waals surface area contributed by atoms with Crippen LogP contribution < -0.4 is 0 Å². The summed E-state index contributed by atoms with van der Waals surface area (Å²) in [5, 5.41) is 0. The van der Waals surface area contributed by atoms with Crippen LogP contribution in [0.25, 0.3) is 0 Å². The minimum absolute atomic E-state index is 0.376. The van der Waals surface area contributed by atoms with E-state index in [1.807, 2.05) is 0 Å². The minimum atomic E-state index is -4.24. The second-order valence-electron chi connectivity index (χ2n) is 1.77. The first-order valence-electron chi connectivity index (χ1n) is 2.92. The molecule has 0 aliphatic heterocycles. The van der Waals surface area contributed by atoms with E-state index in [9.17, 15) is 13.2 Å². The molecule has 0 N–H and O–H groups in total. The van der Waals surface area contributed by atoms with E-state index in [2.05, 4.69) is 6.58 Å². The molecule has 0 aromatic rings. The molecule has 3 heteroatoms. The lowest BCUT2D eigenvalue weighted by molar-refractivity contribution is -0.0883. The molecule has 0 saturated heterocycles. The molecule has 0 spiro atoms. The fourth-order valence-corrected chi connectivity index (χ4v) is 0.535. The van der Waals surface area contributed by atoms with Crippen molar-refractivity contribution in [1.82, 2.24) is 0 Å². The Hall–Kier alpha value is -0.730. The van der Waals surface area contributed by atoms with Gasteiger partial charge in [0.25, 0.3) is 0 Å². The van der Waals surface area contributed by atoms with Crippen LogP contribution in [0.2, 0.25) is 0 Å². The van der Waals surface area contributed by atoms with E-state index < -0.39 is 11.7 Å². The predicted molar refractivity (Wildman–Crippen MR) is 34.6 cm³/mol. The predicted octanol–water partition coefficient (Wildman–Crippen LogP) is 3.07. The van der Waals surface area contributed by atoms with Gasteiger partial charge in [-0.25, -0.2) is 0 Å². The number of allylic oxidation sites excluding steroid dienone is 3. The third-order valence-corrected chi connectivity index (χ3v) is 0.971. The van der Waals surface area contributed by atoms with Crippen molar-refractivity contribution in [2.24, 2.45) is 0 Å². The Balaban J connectivity index is 4.36. The van der Waals surface area contributed by atoms with Crippen LogP contribution in [0, 0.1) is 0 Å². The minimum Gasteiger partial charge on any atom is -0.166 e. The summed E-state index contributed by atoms with van der Waals surface area (Å²) < 4.78 is 35.3. The zero-order valence-electron chi connectivity index (χ0n) is 5.70. The van der Waals surface area contributed by atoms with Crippen LogP contribution >= 0.6 is 0 Å². The molecule has 0 bridgehead atoms. The van der Waals surface area contributed by atoms with E-state index in [0.717, 1.165) is 12.2 Å². The van der Waals surface area contributed by atoms with Gasteiger partial charge in [0.15, 0.2) is 0 Å². The van der Waals surface area contributed by atoms with Gasteiger partial charge in [0.05, 0.1) is 5.57 Å². The van der Waals surface area contributed by atoms with Crippen molar-refractivity contribution in [2.75, 3.05) is 0 Å². The van der Waals surface area contributed by atoms with Crippen LogP contribution in [-0.4, -0.2) is 6.18 Å². The maximum Gasteiger partial charge on any atom is 0.416 e. The number of rotatable bonds is 2. The molecular weight excluding hydrogens is 141 g/mol. The molecule has 0 aromatic heterocycles. The first-order valence-corrected chi connectivity index (χ1v) is 2.92. The largest absolute Gasteiger partial charge is 0.416 e. The molecule has 0 atom stereocenters. The molecule has 0 rings (SSSR count). The summed E-state index contributed by atoms with van der Waals surface area (Å²) in [6.45, 7) is 4.71. The lowest BCUT2D eigenvalue weighted by Gasteiger charge is -2.05. The molecule has 0 aliphatic carbocycles. The second kappa shape index (κ2) is 3.44. The summed E-state index contributed by atoms with van der Waals surface area (Å²) >= 11 is 0. The van der Waals surface area contributed by atoms with Gasteiger partial charge < -0.3 is 0 Å². The first kappa shape index (κ1) is 9.27. The summed E-state index contributed by atoms with van der Waals surface area (Å²) in [7, 11) is 0. The van der Waals surface area contributed by atoms with Crippen molar-refractivity contribution < 1.29 is 13.2 Å². The van der Waals surface area contributed by atoms with Crippen LogP contribution in [0.3, 0.4) is 0 Å². The summed E-state index contributed by atoms with van der Waals surface area (Å²) in [6, 6.07) is 0.